The topological polar surface area (TPSA) is 41.1 Å². The first-order chi connectivity index (χ1) is 9.50. The Hall–Kier alpha value is -1.79. The smallest absolute Gasteiger partial charge is 0.231 e. The van der Waals surface area contributed by atoms with Crippen molar-refractivity contribution < 1.29 is 4.79 Å². The predicted octanol–water partition coefficient (Wildman–Crippen LogP) is 1.84. The van der Waals surface area contributed by atoms with Crippen LogP contribution < -0.4 is 10.6 Å². The van der Waals surface area contributed by atoms with Crippen LogP contribution in [0.25, 0.3) is 0 Å². The summed E-state index contributed by atoms with van der Waals surface area (Å²) >= 11 is 0. The van der Waals surface area contributed by atoms with Gasteiger partial charge in [0, 0.05) is 0 Å². The first-order valence-corrected chi connectivity index (χ1v) is 7.07. The molecule has 2 rings (SSSR count). The van der Waals surface area contributed by atoms with Crippen molar-refractivity contribution in [3.8, 4) is 12.3 Å². The minimum Gasteiger partial charge on any atom is -0.340 e. The number of benzene rings is 1. The molecule has 2 N–H and O–H groups in total. The van der Waals surface area contributed by atoms with E-state index in [0.717, 1.165) is 31.5 Å². The molecule has 106 valence electrons. The second kappa shape index (κ2) is 5.68. The van der Waals surface area contributed by atoms with Gasteiger partial charge < -0.3 is 10.6 Å². The Morgan fingerprint density at radius 3 is 2.45 bits per heavy atom. The van der Waals surface area contributed by atoms with E-state index >= 15 is 0 Å². The van der Waals surface area contributed by atoms with Gasteiger partial charge in [0.15, 0.2) is 0 Å². The van der Waals surface area contributed by atoms with E-state index in [1.807, 2.05) is 44.2 Å². The van der Waals surface area contributed by atoms with Crippen LogP contribution in [0.3, 0.4) is 0 Å². The summed E-state index contributed by atoms with van der Waals surface area (Å²) in [4.78, 5) is 12.9. The first-order valence-electron chi connectivity index (χ1n) is 7.07. The monoisotopic (exact) mass is 270 g/mol. The zero-order valence-electron chi connectivity index (χ0n) is 12.2. The number of hydrogen-bond acceptors (Lipinski definition) is 2. The van der Waals surface area contributed by atoms with Gasteiger partial charge in [0.2, 0.25) is 5.91 Å². The summed E-state index contributed by atoms with van der Waals surface area (Å²) < 4.78 is 0. The Morgan fingerprint density at radius 1 is 1.30 bits per heavy atom. The van der Waals surface area contributed by atoms with Crippen LogP contribution in [0.15, 0.2) is 30.3 Å². The van der Waals surface area contributed by atoms with E-state index in [0.29, 0.717) is 0 Å². The van der Waals surface area contributed by atoms with Crippen LogP contribution in [0.1, 0.15) is 32.3 Å². The molecule has 1 aromatic rings. The van der Waals surface area contributed by atoms with Crippen LogP contribution in [0.2, 0.25) is 0 Å². The summed E-state index contributed by atoms with van der Waals surface area (Å²) in [5, 5.41) is 6.33. The number of carbonyl (C=O) groups is 1. The average molecular weight is 270 g/mol. The number of carbonyl (C=O) groups excluding carboxylic acids is 1. The molecular formula is C17H22N2O. The van der Waals surface area contributed by atoms with Crippen LogP contribution in [0.5, 0.6) is 0 Å². The first kappa shape index (κ1) is 14.6. The molecule has 0 spiro atoms. The summed E-state index contributed by atoms with van der Waals surface area (Å²) in [6, 6.07) is 10.0. The molecule has 0 bridgehead atoms. The van der Waals surface area contributed by atoms with E-state index in [4.69, 9.17) is 6.42 Å². The third-order valence-corrected chi connectivity index (χ3v) is 4.01. The maximum Gasteiger partial charge on any atom is 0.231 e. The van der Waals surface area contributed by atoms with Gasteiger partial charge in [-0.05, 0) is 45.3 Å². The van der Waals surface area contributed by atoms with Gasteiger partial charge in [-0.15, -0.1) is 6.42 Å². The molecule has 0 unspecified atom stereocenters. The lowest BCUT2D eigenvalue weighted by Gasteiger charge is -2.38. The van der Waals surface area contributed by atoms with Crippen molar-refractivity contribution in [3.05, 3.63) is 35.9 Å². The molecule has 1 fully saturated rings. The maximum atomic E-state index is 12.9. The van der Waals surface area contributed by atoms with Gasteiger partial charge in [0.05, 0.1) is 11.0 Å². The number of amides is 1. The third-order valence-electron chi connectivity index (χ3n) is 4.01. The lowest BCUT2D eigenvalue weighted by atomic mass is 9.72. The van der Waals surface area contributed by atoms with Crippen molar-refractivity contribution in [1.29, 1.82) is 0 Å². The second-order valence-corrected chi connectivity index (χ2v) is 5.92. The second-order valence-electron chi connectivity index (χ2n) is 5.92. The quantitative estimate of drug-likeness (QED) is 0.823. The summed E-state index contributed by atoms with van der Waals surface area (Å²) in [7, 11) is 0. The van der Waals surface area contributed by atoms with Crippen molar-refractivity contribution in [1.82, 2.24) is 10.6 Å². The van der Waals surface area contributed by atoms with Crippen LogP contribution in [-0.2, 0) is 10.2 Å². The Labute approximate surface area is 121 Å². The molecule has 1 heterocycles. The molecule has 3 heteroatoms. The molecular weight excluding hydrogens is 248 g/mol. The van der Waals surface area contributed by atoms with Crippen LogP contribution in [0.4, 0.5) is 0 Å². The molecule has 0 atom stereocenters. The minimum atomic E-state index is -0.621. The Kier molecular flexibility index (Phi) is 4.15. The maximum absolute atomic E-state index is 12.9. The van der Waals surface area contributed by atoms with Crippen molar-refractivity contribution in [3.63, 3.8) is 0 Å². The van der Waals surface area contributed by atoms with E-state index in [9.17, 15) is 4.79 Å². The molecule has 0 saturated carbocycles. The molecule has 1 aromatic carbocycles. The van der Waals surface area contributed by atoms with Gasteiger partial charge in [-0.25, -0.2) is 0 Å². The van der Waals surface area contributed by atoms with E-state index in [2.05, 4.69) is 16.6 Å². The van der Waals surface area contributed by atoms with Gasteiger partial charge in [-0.2, -0.15) is 0 Å². The molecule has 1 amide bonds. The molecule has 1 aliphatic rings. The number of terminal acetylenes is 1. The largest absolute Gasteiger partial charge is 0.340 e. The SMILES string of the molecule is C#CC(C)(C)NC(=O)C1(c2ccccc2)CCNCC1. The van der Waals surface area contributed by atoms with Gasteiger partial charge in [0.1, 0.15) is 0 Å². The molecule has 0 aromatic heterocycles. The van der Waals surface area contributed by atoms with Crippen LogP contribution >= 0.6 is 0 Å². The fourth-order valence-corrected chi connectivity index (χ4v) is 2.70. The predicted molar refractivity (Wildman–Crippen MR) is 81.3 cm³/mol. The van der Waals surface area contributed by atoms with Crippen LogP contribution in [-0.4, -0.2) is 24.5 Å². The summed E-state index contributed by atoms with van der Waals surface area (Å²) in [6.07, 6.45) is 7.08. The summed E-state index contributed by atoms with van der Waals surface area (Å²) in [5.74, 6) is 2.67. The fraction of sp³-hybridized carbons (Fsp3) is 0.471. The highest BCUT2D eigenvalue weighted by Gasteiger charge is 2.42. The lowest BCUT2D eigenvalue weighted by molar-refractivity contribution is -0.129. The Bertz CT molecular complexity index is 508. The number of hydrogen-bond donors (Lipinski definition) is 2. The molecule has 1 aliphatic heterocycles. The molecule has 0 aliphatic carbocycles. The average Bonchev–Trinajstić information content (AvgIpc) is 2.48. The van der Waals surface area contributed by atoms with Crippen molar-refractivity contribution in [2.75, 3.05) is 13.1 Å². The fourth-order valence-electron chi connectivity index (χ4n) is 2.70. The zero-order valence-corrected chi connectivity index (χ0v) is 12.2. The Morgan fingerprint density at radius 2 is 1.90 bits per heavy atom. The Balaban J connectivity index is 2.33. The number of nitrogens with one attached hydrogen (secondary N) is 2. The van der Waals surface area contributed by atoms with Gasteiger partial charge >= 0.3 is 0 Å². The minimum absolute atomic E-state index is 0.0353. The lowest BCUT2D eigenvalue weighted by Crippen LogP contribution is -2.55. The van der Waals surface area contributed by atoms with Crippen LogP contribution in [0, 0.1) is 12.3 Å². The normalized spacial score (nSPS) is 18.1. The van der Waals surface area contributed by atoms with Crippen molar-refractivity contribution >= 4 is 5.91 Å². The number of piperidine rings is 1. The molecule has 0 radical (unpaired) electrons. The summed E-state index contributed by atoms with van der Waals surface area (Å²) in [6.45, 7) is 5.40. The zero-order chi connectivity index (χ0) is 14.6. The van der Waals surface area contributed by atoms with Gasteiger partial charge in [-0.3, -0.25) is 4.79 Å². The summed E-state index contributed by atoms with van der Waals surface area (Å²) in [5.41, 5.74) is -0.0171. The highest BCUT2D eigenvalue weighted by atomic mass is 16.2. The van der Waals surface area contributed by atoms with E-state index in [-0.39, 0.29) is 5.91 Å². The standard InChI is InChI=1S/C17H22N2O/c1-4-16(2,3)19-15(20)17(10-12-18-13-11-17)14-8-6-5-7-9-14/h1,5-9,18H,10-13H2,2-3H3,(H,19,20). The number of rotatable bonds is 3. The van der Waals surface area contributed by atoms with Gasteiger partial charge in [0.25, 0.3) is 0 Å². The molecule has 1 saturated heterocycles. The highest BCUT2D eigenvalue weighted by molar-refractivity contribution is 5.89. The highest BCUT2D eigenvalue weighted by Crippen LogP contribution is 2.34. The molecule has 3 nitrogen and oxygen atoms in total. The van der Waals surface area contributed by atoms with Crippen molar-refractivity contribution in [2.45, 2.75) is 37.6 Å². The van der Waals surface area contributed by atoms with Gasteiger partial charge in [-0.1, -0.05) is 36.3 Å². The van der Waals surface area contributed by atoms with E-state index < -0.39 is 11.0 Å². The van der Waals surface area contributed by atoms with Crippen molar-refractivity contribution in [2.24, 2.45) is 0 Å². The molecule has 20 heavy (non-hydrogen) atoms. The van der Waals surface area contributed by atoms with E-state index in [1.54, 1.807) is 0 Å². The third kappa shape index (κ3) is 2.86. The van der Waals surface area contributed by atoms with E-state index in [1.165, 1.54) is 0 Å².